The van der Waals surface area contributed by atoms with E-state index >= 15 is 0 Å². The summed E-state index contributed by atoms with van der Waals surface area (Å²) < 4.78 is 54.6. The third-order valence-electron chi connectivity index (χ3n) is 6.16. The van der Waals surface area contributed by atoms with Gasteiger partial charge in [0.2, 0.25) is 0 Å². The van der Waals surface area contributed by atoms with Crippen molar-refractivity contribution < 1.29 is 85.7 Å². The fourth-order valence-electron chi connectivity index (χ4n) is 4.76. The zero-order chi connectivity index (χ0) is 35.6. The predicted molar refractivity (Wildman–Crippen MR) is 150 cm³/mol. The molecular formula is C28H38O18Se. The van der Waals surface area contributed by atoms with E-state index in [0.29, 0.717) is 0 Å². The standard InChI is InChI=1S/C28H38O18Se/c1-11(29)37-9-19-22(39-13(3)31)26(25(42-16(6)34)28(45-19)44-18(8)36)47-10-20-21(38-12(2)30)23(40-14(4)32)24(41-15(5)33)27(46-20)43-17(7)35/h19-28H,9-10H2,1-8H3/t19-,20-,21-,22-,23+,24-,25-,26+,27+,28?/m1/s1. The molecule has 0 aromatic carbocycles. The first-order valence-electron chi connectivity index (χ1n) is 14.2. The Bertz CT molecular complexity index is 1200. The zero-order valence-corrected chi connectivity index (χ0v) is 28.7. The van der Waals surface area contributed by atoms with E-state index in [9.17, 15) is 38.4 Å². The Kier molecular flexibility index (Phi) is 15.0. The molecule has 19 heteroatoms. The number of esters is 8. The summed E-state index contributed by atoms with van der Waals surface area (Å²) in [6.45, 7) is 8.19. The molecular weight excluding hydrogens is 703 g/mol. The van der Waals surface area contributed by atoms with Crippen LogP contribution in [-0.2, 0) is 85.7 Å². The molecule has 0 aromatic rings. The van der Waals surface area contributed by atoms with E-state index in [-0.39, 0.29) is 5.32 Å². The van der Waals surface area contributed by atoms with Crippen LogP contribution in [0.4, 0.5) is 0 Å². The van der Waals surface area contributed by atoms with Crippen LogP contribution in [-0.4, -0.2) is 125 Å². The molecule has 0 aliphatic carbocycles. The van der Waals surface area contributed by atoms with Crippen LogP contribution in [0.1, 0.15) is 55.4 Å². The SMILES string of the molecule is CC(=O)OC[C@H]1OC(OC(C)=O)[C@H](OC(C)=O)[C@@H]([Se]C[C@H]2O[C@H](OC(C)=O)[C@H](OC(C)=O)[C@@H](OC(C)=O)[C@@H]2OC(C)=O)[C@@H]1OC(C)=O. The Labute approximate surface area is 275 Å². The molecule has 2 fully saturated rings. The van der Waals surface area contributed by atoms with Gasteiger partial charge in [-0.15, -0.1) is 0 Å². The summed E-state index contributed by atoms with van der Waals surface area (Å²) in [4.78, 5) is 95.4. The van der Waals surface area contributed by atoms with Crippen molar-refractivity contribution in [2.75, 3.05) is 6.61 Å². The van der Waals surface area contributed by atoms with Gasteiger partial charge in [-0.1, -0.05) is 0 Å². The van der Waals surface area contributed by atoms with Crippen LogP contribution in [0.25, 0.3) is 0 Å². The summed E-state index contributed by atoms with van der Waals surface area (Å²) in [5.74, 6) is -6.50. The third-order valence-corrected chi connectivity index (χ3v) is 9.19. The molecule has 2 rings (SSSR count). The summed E-state index contributed by atoms with van der Waals surface area (Å²) in [7, 11) is 0. The molecule has 0 amide bonds. The van der Waals surface area contributed by atoms with Crippen LogP contribution in [0.5, 0.6) is 0 Å². The Morgan fingerprint density at radius 2 is 0.830 bits per heavy atom. The normalized spacial score (nSPS) is 30.0. The molecule has 0 radical (unpaired) electrons. The van der Waals surface area contributed by atoms with Gasteiger partial charge in [0.05, 0.1) is 0 Å². The average molecular weight is 742 g/mol. The van der Waals surface area contributed by atoms with Crippen LogP contribution >= 0.6 is 0 Å². The summed E-state index contributed by atoms with van der Waals surface area (Å²) in [6.07, 6.45) is -12.8. The molecule has 0 saturated carbocycles. The number of rotatable bonds is 12. The van der Waals surface area contributed by atoms with Gasteiger partial charge in [0, 0.05) is 0 Å². The van der Waals surface area contributed by atoms with E-state index in [1.54, 1.807) is 0 Å². The Hall–Kier alpha value is -3.80. The van der Waals surface area contributed by atoms with Crippen molar-refractivity contribution in [3.05, 3.63) is 0 Å². The van der Waals surface area contributed by atoms with E-state index in [1.165, 1.54) is 0 Å². The van der Waals surface area contributed by atoms with Crippen molar-refractivity contribution in [3.8, 4) is 0 Å². The molecule has 18 nitrogen and oxygen atoms in total. The second-order valence-corrected chi connectivity index (χ2v) is 12.8. The number of hydrogen-bond acceptors (Lipinski definition) is 18. The quantitative estimate of drug-likeness (QED) is 0.142. The fourth-order valence-corrected chi connectivity index (χ4v) is 7.86. The fraction of sp³-hybridized carbons (Fsp3) is 0.714. The van der Waals surface area contributed by atoms with E-state index in [4.69, 9.17) is 47.4 Å². The van der Waals surface area contributed by atoms with Gasteiger partial charge in [-0.25, -0.2) is 0 Å². The van der Waals surface area contributed by atoms with Gasteiger partial charge < -0.3 is 0 Å². The Morgan fingerprint density at radius 1 is 0.447 bits per heavy atom. The minimum atomic E-state index is -1.64. The van der Waals surface area contributed by atoms with Gasteiger partial charge in [-0.05, 0) is 0 Å². The summed E-state index contributed by atoms with van der Waals surface area (Å²) >= 11 is -0.921. The molecule has 264 valence electrons. The molecule has 2 saturated heterocycles. The molecule has 0 N–H and O–H groups in total. The predicted octanol–water partition coefficient (Wildman–Crippen LogP) is -0.305. The molecule has 2 heterocycles. The first kappa shape index (κ1) is 39.4. The van der Waals surface area contributed by atoms with Crippen molar-refractivity contribution in [1.29, 1.82) is 0 Å². The first-order chi connectivity index (χ1) is 21.9. The second kappa shape index (κ2) is 17.9. The molecule has 10 atom stereocenters. The van der Waals surface area contributed by atoms with Crippen molar-refractivity contribution in [2.45, 2.75) is 121 Å². The first-order valence-corrected chi connectivity index (χ1v) is 16.4. The average Bonchev–Trinajstić information content (AvgIpc) is 2.90. The van der Waals surface area contributed by atoms with Crippen molar-refractivity contribution in [2.24, 2.45) is 0 Å². The van der Waals surface area contributed by atoms with Gasteiger partial charge in [0.15, 0.2) is 0 Å². The van der Waals surface area contributed by atoms with Crippen LogP contribution < -0.4 is 0 Å². The van der Waals surface area contributed by atoms with Crippen LogP contribution in [0.2, 0.25) is 10.1 Å². The molecule has 0 aromatic heterocycles. The number of ether oxygens (including phenoxy) is 10. The Morgan fingerprint density at radius 3 is 1.30 bits per heavy atom. The monoisotopic (exact) mass is 742 g/mol. The van der Waals surface area contributed by atoms with E-state index in [2.05, 4.69) is 0 Å². The maximum atomic E-state index is 12.2. The van der Waals surface area contributed by atoms with Gasteiger partial charge in [-0.2, -0.15) is 0 Å². The Balaban J connectivity index is 2.62. The van der Waals surface area contributed by atoms with Crippen molar-refractivity contribution in [1.82, 2.24) is 0 Å². The van der Waals surface area contributed by atoms with Crippen LogP contribution in [0.3, 0.4) is 0 Å². The van der Waals surface area contributed by atoms with Crippen LogP contribution in [0.15, 0.2) is 0 Å². The molecule has 2 aliphatic rings. The third kappa shape index (κ3) is 12.4. The maximum absolute atomic E-state index is 12.2. The number of hydrogen-bond donors (Lipinski definition) is 0. The topological polar surface area (TPSA) is 229 Å². The van der Waals surface area contributed by atoms with Gasteiger partial charge in [0.1, 0.15) is 0 Å². The van der Waals surface area contributed by atoms with Crippen molar-refractivity contribution >= 4 is 62.7 Å². The number of carbonyl (C=O) groups is 8. The second-order valence-electron chi connectivity index (χ2n) is 10.3. The molecule has 1 unspecified atom stereocenters. The van der Waals surface area contributed by atoms with E-state index in [1.807, 2.05) is 0 Å². The van der Waals surface area contributed by atoms with Gasteiger partial charge in [0.25, 0.3) is 0 Å². The summed E-state index contributed by atoms with van der Waals surface area (Å²) in [6, 6.07) is 0. The summed E-state index contributed by atoms with van der Waals surface area (Å²) in [5.41, 5.74) is 0. The molecule has 0 bridgehead atoms. The zero-order valence-electron chi connectivity index (χ0n) is 26.9. The van der Waals surface area contributed by atoms with Crippen molar-refractivity contribution in [3.63, 3.8) is 0 Å². The molecule has 0 spiro atoms. The van der Waals surface area contributed by atoms with Gasteiger partial charge >= 0.3 is 276 Å². The number of carbonyl (C=O) groups excluding carboxylic acids is 8. The molecule has 2 aliphatic heterocycles. The van der Waals surface area contributed by atoms with Gasteiger partial charge in [-0.3, -0.25) is 0 Å². The minimum absolute atomic E-state index is 0.124. The van der Waals surface area contributed by atoms with E-state index < -0.39 is 129 Å². The molecule has 47 heavy (non-hydrogen) atoms. The summed E-state index contributed by atoms with van der Waals surface area (Å²) in [5, 5.41) is -0.124. The van der Waals surface area contributed by atoms with Crippen LogP contribution in [0, 0.1) is 0 Å². The van der Waals surface area contributed by atoms with E-state index in [0.717, 1.165) is 55.4 Å².